The van der Waals surface area contributed by atoms with Crippen LogP contribution in [0.1, 0.15) is 30.8 Å². The van der Waals surface area contributed by atoms with Crippen LogP contribution in [0.4, 0.5) is 0 Å². The number of amides is 2. The molecule has 1 aromatic rings. The highest BCUT2D eigenvalue weighted by Gasteiger charge is 2.12. The van der Waals surface area contributed by atoms with E-state index in [9.17, 15) is 9.59 Å². The van der Waals surface area contributed by atoms with Crippen molar-refractivity contribution in [2.24, 2.45) is 0 Å². The van der Waals surface area contributed by atoms with Gasteiger partial charge in [0.15, 0.2) is 0 Å². The molecule has 0 aliphatic carbocycles. The van der Waals surface area contributed by atoms with Crippen LogP contribution in [0.3, 0.4) is 0 Å². The van der Waals surface area contributed by atoms with Gasteiger partial charge in [0.2, 0.25) is 5.91 Å². The molecule has 6 heteroatoms. The average molecular weight is 316 g/mol. The van der Waals surface area contributed by atoms with Gasteiger partial charge in [-0.2, -0.15) is 0 Å². The van der Waals surface area contributed by atoms with E-state index in [4.69, 9.17) is 0 Å². The molecule has 18 heavy (non-hydrogen) atoms. The van der Waals surface area contributed by atoms with Crippen LogP contribution in [0.15, 0.2) is 16.7 Å². The molecular weight excluding hydrogens is 298 g/mol. The zero-order chi connectivity index (χ0) is 13.5. The first-order chi connectivity index (χ1) is 8.58. The normalized spacial score (nSPS) is 10.2. The van der Waals surface area contributed by atoms with Gasteiger partial charge in [-0.05, 0) is 35.3 Å². The zero-order valence-electron chi connectivity index (χ0n) is 10.6. The number of rotatable bonds is 6. The average Bonchev–Trinajstić information content (AvgIpc) is 2.74. The highest BCUT2D eigenvalue weighted by Crippen LogP contribution is 2.14. The third-order valence-corrected chi connectivity index (χ3v) is 2.85. The van der Waals surface area contributed by atoms with Crippen LogP contribution in [0.2, 0.25) is 0 Å². The minimum absolute atomic E-state index is 0.00530. The van der Waals surface area contributed by atoms with Gasteiger partial charge in [-0.1, -0.05) is 6.92 Å². The highest BCUT2D eigenvalue weighted by molar-refractivity contribution is 9.10. The largest absolute Gasteiger partial charge is 0.355 e. The SMILES string of the molecule is CCCNC(=O)CNC(=O)c1cc(Br)cn1CC. The molecule has 100 valence electrons. The van der Waals surface area contributed by atoms with E-state index in [-0.39, 0.29) is 18.4 Å². The molecule has 1 heterocycles. The summed E-state index contributed by atoms with van der Waals surface area (Å²) in [6.07, 6.45) is 2.72. The van der Waals surface area contributed by atoms with Crippen molar-refractivity contribution < 1.29 is 9.59 Å². The van der Waals surface area contributed by atoms with Crippen molar-refractivity contribution in [2.45, 2.75) is 26.8 Å². The van der Waals surface area contributed by atoms with Gasteiger partial charge in [-0.3, -0.25) is 9.59 Å². The predicted molar refractivity (Wildman–Crippen MR) is 73.4 cm³/mol. The van der Waals surface area contributed by atoms with Gasteiger partial charge in [0.25, 0.3) is 5.91 Å². The maximum atomic E-state index is 11.9. The van der Waals surface area contributed by atoms with Crippen LogP contribution < -0.4 is 10.6 Å². The molecule has 0 spiro atoms. The minimum Gasteiger partial charge on any atom is -0.355 e. The van der Waals surface area contributed by atoms with E-state index in [1.54, 1.807) is 6.07 Å². The second-order valence-electron chi connectivity index (χ2n) is 3.86. The predicted octanol–water partition coefficient (Wildman–Crippen LogP) is 1.53. The molecule has 2 amide bonds. The molecule has 2 N–H and O–H groups in total. The van der Waals surface area contributed by atoms with Crippen LogP contribution in [0.25, 0.3) is 0 Å². The number of carbonyl (C=O) groups is 2. The monoisotopic (exact) mass is 315 g/mol. The first kappa shape index (κ1) is 14.8. The topological polar surface area (TPSA) is 63.1 Å². The summed E-state index contributed by atoms with van der Waals surface area (Å²) < 4.78 is 2.67. The number of hydrogen-bond acceptors (Lipinski definition) is 2. The molecule has 5 nitrogen and oxygen atoms in total. The van der Waals surface area contributed by atoms with E-state index in [2.05, 4.69) is 26.6 Å². The van der Waals surface area contributed by atoms with Crippen molar-refractivity contribution in [2.75, 3.05) is 13.1 Å². The Balaban J connectivity index is 2.52. The molecule has 0 bridgehead atoms. The number of carbonyl (C=O) groups excluding carboxylic acids is 2. The quantitative estimate of drug-likeness (QED) is 0.836. The van der Waals surface area contributed by atoms with Gasteiger partial charge in [-0.15, -0.1) is 0 Å². The second-order valence-corrected chi connectivity index (χ2v) is 4.78. The number of aryl methyl sites for hydroxylation is 1. The van der Waals surface area contributed by atoms with Gasteiger partial charge in [0, 0.05) is 23.8 Å². The van der Waals surface area contributed by atoms with Crippen LogP contribution in [-0.2, 0) is 11.3 Å². The summed E-state index contributed by atoms with van der Waals surface area (Å²) >= 11 is 3.33. The van der Waals surface area contributed by atoms with Crippen LogP contribution in [-0.4, -0.2) is 29.5 Å². The molecule has 0 aliphatic heterocycles. The maximum absolute atomic E-state index is 11.9. The molecule has 1 rings (SSSR count). The third kappa shape index (κ3) is 4.18. The molecule has 0 radical (unpaired) electrons. The van der Waals surface area contributed by atoms with Crippen molar-refractivity contribution in [3.8, 4) is 0 Å². The summed E-state index contributed by atoms with van der Waals surface area (Å²) in [6, 6.07) is 1.74. The van der Waals surface area contributed by atoms with Crippen LogP contribution >= 0.6 is 15.9 Å². The van der Waals surface area contributed by atoms with E-state index in [1.807, 2.05) is 24.6 Å². The number of nitrogens with zero attached hydrogens (tertiary/aromatic N) is 1. The summed E-state index contributed by atoms with van der Waals surface area (Å²) in [7, 11) is 0. The standard InChI is InChI=1S/C12H18BrN3O2/c1-3-5-14-11(17)7-15-12(18)10-6-9(13)8-16(10)4-2/h6,8H,3-5,7H2,1-2H3,(H,14,17)(H,15,18). The Morgan fingerprint density at radius 2 is 2.06 bits per heavy atom. The molecule has 0 unspecified atom stereocenters. The summed E-state index contributed by atoms with van der Waals surface area (Å²) in [6.45, 7) is 5.27. The third-order valence-electron chi connectivity index (χ3n) is 2.42. The number of hydrogen-bond donors (Lipinski definition) is 2. The fourth-order valence-electron chi connectivity index (χ4n) is 1.50. The Hall–Kier alpha value is -1.30. The first-order valence-electron chi connectivity index (χ1n) is 5.99. The Morgan fingerprint density at radius 3 is 2.67 bits per heavy atom. The number of nitrogens with one attached hydrogen (secondary N) is 2. The summed E-state index contributed by atoms with van der Waals surface area (Å²) in [4.78, 5) is 23.2. The molecule has 0 aromatic carbocycles. The van der Waals surface area contributed by atoms with Gasteiger partial charge < -0.3 is 15.2 Å². The number of aromatic nitrogens is 1. The summed E-state index contributed by atoms with van der Waals surface area (Å²) in [5.74, 6) is -0.409. The van der Waals surface area contributed by atoms with Crippen molar-refractivity contribution in [3.63, 3.8) is 0 Å². The summed E-state index contributed by atoms with van der Waals surface area (Å²) in [5, 5.41) is 5.31. The summed E-state index contributed by atoms with van der Waals surface area (Å²) in [5.41, 5.74) is 0.549. The molecule has 1 aromatic heterocycles. The smallest absolute Gasteiger partial charge is 0.268 e. The Labute approximate surface area is 115 Å². The minimum atomic E-state index is -0.241. The van der Waals surface area contributed by atoms with Crippen LogP contribution in [0.5, 0.6) is 0 Å². The molecule has 0 aliphatic rings. The lowest BCUT2D eigenvalue weighted by Gasteiger charge is -2.07. The lowest BCUT2D eigenvalue weighted by Crippen LogP contribution is -2.37. The molecule has 0 fully saturated rings. The van der Waals surface area contributed by atoms with Crippen molar-refractivity contribution in [3.05, 3.63) is 22.4 Å². The Kier molecular flexibility index (Phi) is 5.91. The maximum Gasteiger partial charge on any atom is 0.268 e. The van der Waals surface area contributed by atoms with E-state index in [1.165, 1.54) is 0 Å². The lowest BCUT2D eigenvalue weighted by molar-refractivity contribution is -0.120. The van der Waals surface area contributed by atoms with E-state index >= 15 is 0 Å². The van der Waals surface area contributed by atoms with Crippen molar-refractivity contribution in [1.29, 1.82) is 0 Å². The molecule has 0 saturated heterocycles. The Morgan fingerprint density at radius 1 is 1.33 bits per heavy atom. The van der Waals surface area contributed by atoms with Gasteiger partial charge >= 0.3 is 0 Å². The van der Waals surface area contributed by atoms with Gasteiger partial charge in [-0.25, -0.2) is 0 Å². The van der Waals surface area contributed by atoms with E-state index in [0.717, 1.165) is 10.9 Å². The first-order valence-corrected chi connectivity index (χ1v) is 6.78. The van der Waals surface area contributed by atoms with Crippen LogP contribution in [0, 0.1) is 0 Å². The lowest BCUT2D eigenvalue weighted by atomic mass is 10.4. The van der Waals surface area contributed by atoms with Crippen molar-refractivity contribution >= 4 is 27.7 Å². The molecule has 0 atom stereocenters. The number of halogens is 1. The zero-order valence-corrected chi connectivity index (χ0v) is 12.2. The highest BCUT2D eigenvalue weighted by atomic mass is 79.9. The fourth-order valence-corrected chi connectivity index (χ4v) is 1.97. The van der Waals surface area contributed by atoms with Gasteiger partial charge in [0.05, 0.1) is 6.54 Å². The van der Waals surface area contributed by atoms with Crippen molar-refractivity contribution in [1.82, 2.24) is 15.2 Å². The van der Waals surface area contributed by atoms with E-state index < -0.39 is 0 Å². The second kappa shape index (κ2) is 7.20. The van der Waals surface area contributed by atoms with Gasteiger partial charge in [0.1, 0.15) is 5.69 Å². The molecule has 0 saturated carbocycles. The fraction of sp³-hybridized carbons (Fsp3) is 0.500. The molecular formula is C12H18BrN3O2. The Bertz CT molecular complexity index is 429. The van der Waals surface area contributed by atoms with E-state index in [0.29, 0.717) is 18.8 Å².